The van der Waals surface area contributed by atoms with Crippen molar-refractivity contribution in [3.63, 3.8) is 0 Å². The highest BCUT2D eigenvalue weighted by Crippen LogP contribution is 2.09. The number of rotatable bonds is 6. The Hall–Kier alpha value is -1.55. The summed E-state index contributed by atoms with van der Waals surface area (Å²) in [4.78, 5) is 13.8. The number of nitrogens with zero attached hydrogens (tertiary/aromatic N) is 1. The molecule has 2 N–H and O–H groups in total. The summed E-state index contributed by atoms with van der Waals surface area (Å²) in [5.74, 6) is 0.0855. The zero-order chi connectivity index (χ0) is 12.7. The molecule has 1 amide bonds. The summed E-state index contributed by atoms with van der Waals surface area (Å²) in [6, 6.07) is 6.26. The summed E-state index contributed by atoms with van der Waals surface area (Å²) in [6.07, 6.45) is 2.05. The Bertz CT molecular complexity index is 347. The van der Waals surface area contributed by atoms with Crippen molar-refractivity contribution in [1.82, 2.24) is 10.2 Å². The van der Waals surface area contributed by atoms with Crippen molar-refractivity contribution in [2.75, 3.05) is 27.2 Å². The van der Waals surface area contributed by atoms with Crippen molar-refractivity contribution < 1.29 is 9.90 Å². The average molecular weight is 236 g/mol. The molecule has 1 aromatic rings. The van der Waals surface area contributed by atoms with Gasteiger partial charge in [0.1, 0.15) is 5.75 Å². The number of benzene rings is 1. The minimum absolute atomic E-state index is 0.0881. The minimum atomic E-state index is -0.0881. The van der Waals surface area contributed by atoms with Gasteiger partial charge in [0.05, 0.1) is 0 Å². The number of unbranched alkanes of at least 4 members (excludes halogenated alkanes) is 1. The van der Waals surface area contributed by atoms with Crippen LogP contribution in [0.15, 0.2) is 24.3 Å². The molecule has 0 aliphatic rings. The van der Waals surface area contributed by atoms with E-state index in [1.807, 2.05) is 14.1 Å². The molecule has 0 radical (unpaired) electrons. The molecule has 0 aromatic heterocycles. The Morgan fingerprint density at radius 1 is 1.24 bits per heavy atom. The molecular weight excluding hydrogens is 216 g/mol. The SMILES string of the molecule is CN(C)CCCCNC(=O)c1ccc(O)cc1. The third-order valence-corrected chi connectivity index (χ3v) is 2.45. The second-order valence-corrected chi connectivity index (χ2v) is 4.31. The number of hydrogen-bond acceptors (Lipinski definition) is 3. The molecule has 4 heteroatoms. The Morgan fingerprint density at radius 2 is 1.88 bits per heavy atom. The smallest absolute Gasteiger partial charge is 0.251 e. The van der Waals surface area contributed by atoms with E-state index in [2.05, 4.69) is 10.2 Å². The maximum Gasteiger partial charge on any atom is 0.251 e. The first-order valence-electron chi connectivity index (χ1n) is 5.81. The maximum atomic E-state index is 11.6. The van der Waals surface area contributed by atoms with E-state index in [-0.39, 0.29) is 11.7 Å². The number of phenols is 1. The lowest BCUT2D eigenvalue weighted by molar-refractivity contribution is 0.0953. The Kier molecular flexibility index (Phi) is 5.49. The summed E-state index contributed by atoms with van der Waals surface area (Å²) in [5.41, 5.74) is 0.579. The van der Waals surface area contributed by atoms with Crippen LogP contribution in [-0.4, -0.2) is 43.1 Å². The third kappa shape index (κ3) is 5.36. The number of hydrogen-bond donors (Lipinski definition) is 2. The number of aromatic hydroxyl groups is 1. The van der Waals surface area contributed by atoms with Crippen LogP contribution < -0.4 is 5.32 Å². The van der Waals surface area contributed by atoms with Gasteiger partial charge in [-0.05, 0) is 57.7 Å². The summed E-state index contributed by atoms with van der Waals surface area (Å²) in [7, 11) is 4.07. The van der Waals surface area contributed by atoms with Gasteiger partial charge in [-0.15, -0.1) is 0 Å². The van der Waals surface area contributed by atoms with E-state index < -0.39 is 0 Å². The van der Waals surface area contributed by atoms with Crippen molar-refractivity contribution in [3.05, 3.63) is 29.8 Å². The quantitative estimate of drug-likeness (QED) is 0.735. The lowest BCUT2D eigenvalue weighted by Crippen LogP contribution is -2.25. The van der Waals surface area contributed by atoms with Crippen molar-refractivity contribution >= 4 is 5.91 Å². The zero-order valence-corrected chi connectivity index (χ0v) is 10.4. The van der Waals surface area contributed by atoms with Gasteiger partial charge in [-0.25, -0.2) is 0 Å². The van der Waals surface area contributed by atoms with Gasteiger partial charge in [0.2, 0.25) is 0 Å². The fourth-order valence-corrected chi connectivity index (χ4v) is 1.47. The topological polar surface area (TPSA) is 52.6 Å². The van der Waals surface area contributed by atoms with Crippen LogP contribution in [0.5, 0.6) is 5.75 Å². The number of phenolic OH excluding ortho intramolecular Hbond substituents is 1. The highest BCUT2D eigenvalue weighted by Gasteiger charge is 2.03. The molecule has 17 heavy (non-hydrogen) atoms. The van der Waals surface area contributed by atoms with Crippen LogP contribution in [0.3, 0.4) is 0 Å². The molecule has 1 rings (SSSR count). The van der Waals surface area contributed by atoms with Crippen molar-refractivity contribution in [2.24, 2.45) is 0 Å². The van der Waals surface area contributed by atoms with Gasteiger partial charge in [0.15, 0.2) is 0 Å². The largest absolute Gasteiger partial charge is 0.508 e. The maximum absolute atomic E-state index is 11.6. The normalized spacial score (nSPS) is 10.5. The molecule has 0 aliphatic heterocycles. The van der Waals surface area contributed by atoms with Gasteiger partial charge in [-0.3, -0.25) is 4.79 Å². The van der Waals surface area contributed by atoms with Gasteiger partial charge in [-0.2, -0.15) is 0 Å². The van der Waals surface area contributed by atoms with E-state index in [9.17, 15) is 4.79 Å². The van der Waals surface area contributed by atoms with E-state index in [0.717, 1.165) is 19.4 Å². The molecule has 4 nitrogen and oxygen atoms in total. The second-order valence-electron chi connectivity index (χ2n) is 4.31. The molecule has 0 bridgehead atoms. The fourth-order valence-electron chi connectivity index (χ4n) is 1.47. The second kappa shape index (κ2) is 6.91. The van der Waals surface area contributed by atoms with Gasteiger partial charge in [0.25, 0.3) is 5.91 Å². The van der Waals surface area contributed by atoms with Crippen LogP contribution in [-0.2, 0) is 0 Å². The van der Waals surface area contributed by atoms with Crippen molar-refractivity contribution in [2.45, 2.75) is 12.8 Å². The lowest BCUT2D eigenvalue weighted by Gasteiger charge is -2.09. The Balaban J connectivity index is 2.23. The van der Waals surface area contributed by atoms with Gasteiger partial charge < -0.3 is 15.3 Å². The zero-order valence-electron chi connectivity index (χ0n) is 10.4. The molecule has 94 valence electrons. The number of carbonyl (C=O) groups is 1. The Labute approximate surface area is 102 Å². The predicted molar refractivity (Wildman–Crippen MR) is 68.2 cm³/mol. The van der Waals surface area contributed by atoms with Crippen LogP contribution in [0.2, 0.25) is 0 Å². The lowest BCUT2D eigenvalue weighted by atomic mass is 10.2. The van der Waals surface area contributed by atoms with Crippen molar-refractivity contribution in [3.8, 4) is 5.75 Å². The number of carbonyl (C=O) groups excluding carboxylic acids is 1. The first-order chi connectivity index (χ1) is 8.09. The van der Waals surface area contributed by atoms with Gasteiger partial charge in [0, 0.05) is 12.1 Å². The molecule has 0 unspecified atom stereocenters. The highest BCUT2D eigenvalue weighted by molar-refractivity contribution is 5.94. The van der Waals surface area contributed by atoms with Crippen LogP contribution in [0.25, 0.3) is 0 Å². The molecule has 0 aliphatic carbocycles. The van der Waals surface area contributed by atoms with E-state index in [1.165, 1.54) is 12.1 Å². The first kappa shape index (κ1) is 13.5. The minimum Gasteiger partial charge on any atom is -0.508 e. The molecular formula is C13H20N2O2. The molecule has 0 spiro atoms. The molecule has 0 atom stereocenters. The molecule has 0 fully saturated rings. The first-order valence-corrected chi connectivity index (χ1v) is 5.81. The molecule has 0 saturated heterocycles. The van der Waals surface area contributed by atoms with Crippen LogP contribution in [0.4, 0.5) is 0 Å². The predicted octanol–water partition coefficient (Wildman–Crippen LogP) is 1.46. The monoisotopic (exact) mass is 236 g/mol. The summed E-state index contributed by atoms with van der Waals surface area (Å²) in [5, 5.41) is 12.0. The summed E-state index contributed by atoms with van der Waals surface area (Å²) < 4.78 is 0. The molecule has 1 aromatic carbocycles. The number of amides is 1. The molecule has 0 saturated carbocycles. The van der Waals surface area contributed by atoms with E-state index >= 15 is 0 Å². The van der Waals surface area contributed by atoms with E-state index in [0.29, 0.717) is 12.1 Å². The number of nitrogens with one attached hydrogen (secondary N) is 1. The highest BCUT2D eigenvalue weighted by atomic mass is 16.3. The van der Waals surface area contributed by atoms with Gasteiger partial charge >= 0.3 is 0 Å². The molecule has 0 heterocycles. The van der Waals surface area contributed by atoms with Crippen LogP contribution in [0, 0.1) is 0 Å². The Morgan fingerprint density at radius 3 is 2.47 bits per heavy atom. The fraction of sp³-hybridized carbons (Fsp3) is 0.462. The van der Waals surface area contributed by atoms with Crippen LogP contribution >= 0.6 is 0 Å². The average Bonchev–Trinajstić information content (AvgIpc) is 2.29. The third-order valence-electron chi connectivity index (χ3n) is 2.45. The summed E-state index contributed by atoms with van der Waals surface area (Å²) >= 11 is 0. The standard InChI is InChI=1S/C13H20N2O2/c1-15(2)10-4-3-9-14-13(17)11-5-7-12(16)8-6-11/h5-8,16H,3-4,9-10H2,1-2H3,(H,14,17). The van der Waals surface area contributed by atoms with E-state index in [4.69, 9.17) is 5.11 Å². The van der Waals surface area contributed by atoms with Crippen molar-refractivity contribution in [1.29, 1.82) is 0 Å². The van der Waals surface area contributed by atoms with E-state index in [1.54, 1.807) is 12.1 Å². The summed E-state index contributed by atoms with van der Waals surface area (Å²) in [6.45, 7) is 1.72. The van der Waals surface area contributed by atoms with Gasteiger partial charge in [-0.1, -0.05) is 0 Å². The van der Waals surface area contributed by atoms with Crippen LogP contribution in [0.1, 0.15) is 23.2 Å².